The lowest BCUT2D eigenvalue weighted by atomic mass is 9.98. The van der Waals surface area contributed by atoms with E-state index in [-0.39, 0.29) is 5.91 Å². The number of ether oxygens (including phenoxy) is 1. The van der Waals surface area contributed by atoms with Crippen molar-refractivity contribution in [3.05, 3.63) is 63.6 Å². The van der Waals surface area contributed by atoms with E-state index < -0.39 is 0 Å². The number of carbonyl (C=O) groups excluding carboxylic acids is 1. The normalized spacial score (nSPS) is 14.0. The van der Waals surface area contributed by atoms with Gasteiger partial charge < -0.3 is 9.64 Å². The second kappa shape index (κ2) is 5.90. The lowest BCUT2D eigenvalue weighted by molar-refractivity contribution is 0.0726. The molecule has 0 bridgehead atoms. The number of hydrogen-bond donors (Lipinski definition) is 0. The maximum atomic E-state index is 12.6. The molecular formula is C17H16BrNO2. The quantitative estimate of drug-likeness (QED) is 0.849. The second-order valence-corrected chi connectivity index (χ2v) is 5.95. The zero-order chi connectivity index (χ0) is 14.8. The molecule has 1 heterocycles. The molecule has 21 heavy (non-hydrogen) atoms. The van der Waals surface area contributed by atoms with Crippen LogP contribution in [0.1, 0.15) is 21.5 Å². The van der Waals surface area contributed by atoms with Crippen molar-refractivity contribution in [2.45, 2.75) is 13.0 Å². The summed E-state index contributed by atoms with van der Waals surface area (Å²) in [5.41, 5.74) is 3.02. The van der Waals surface area contributed by atoms with Crippen molar-refractivity contribution in [2.75, 3.05) is 13.7 Å². The maximum absolute atomic E-state index is 12.6. The van der Waals surface area contributed by atoms with E-state index in [0.29, 0.717) is 6.54 Å². The fourth-order valence-corrected chi connectivity index (χ4v) is 3.00. The number of nitrogens with zero attached hydrogens (tertiary/aromatic N) is 1. The van der Waals surface area contributed by atoms with Gasteiger partial charge in [0.15, 0.2) is 0 Å². The molecule has 0 unspecified atom stereocenters. The third kappa shape index (κ3) is 2.81. The molecule has 0 N–H and O–H groups in total. The van der Waals surface area contributed by atoms with Crippen LogP contribution in [0.5, 0.6) is 5.75 Å². The van der Waals surface area contributed by atoms with Gasteiger partial charge in [0.05, 0.1) is 7.11 Å². The SMILES string of the molecule is COc1ccc(Br)c(CN2CCc3ccccc3C2=O)c1. The first-order valence-electron chi connectivity index (χ1n) is 6.88. The Kier molecular flexibility index (Phi) is 3.97. The summed E-state index contributed by atoms with van der Waals surface area (Å²) >= 11 is 3.54. The molecule has 2 aromatic carbocycles. The highest BCUT2D eigenvalue weighted by atomic mass is 79.9. The van der Waals surface area contributed by atoms with Gasteiger partial charge >= 0.3 is 0 Å². The van der Waals surface area contributed by atoms with Crippen molar-refractivity contribution >= 4 is 21.8 Å². The van der Waals surface area contributed by atoms with Crippen LogP contribution in [0, 0.1) is 0 Å². The molecule has 1 aliphatic heterocycles. The van der Waals surface area contributed by atoms with Crippen molar-refractivity contribution in [1.82, 2.24) is 4.90 Å². The monoisotopic (exact) mass is 345 g/mol. The summed E-state index contributed by atoms with van der Waals surface area (Å²) in [6.07, 6.45) is 0.906. The van der Waals surface area contributed by atoms with Gasteiger partial charge in [-0.1, -0.05) is 34.1 Å². The van der Waals surface area contributed by atoms with E-state index in [1.165, 1.54) is 0 Å². The predicted octanol–water partition coefficient (Wildman–Crippen LogP) is 3.66. The first-order chi connectivity index (χ1) is 10.2. The van der Waals surface area contributed by atoms with Crippen LogP contribution in [-0.4, -0.2) is 24.5 Å². The molecule has 0 fully saturated rings. The molecule has 2 aromatic rings. The van der Waals surface area contributed by atoms with Gasteiger partial charge in [-0.15, -0.1) is 0 Å². The molecule has 108 valence electrons. The highest BCUT2D eigenvalue weighted by molar-refractivity contribution is 9.10. The molecule has 0 saturated heterocycles. The summed E-state index contributed by atoms with van der Waals surface area (Å²) < 4.78 is 6.25. The zero-order valence-corrected chi connectivity index (χ0v) is 13.4. The van der Waals surface area contributed by atoms with Crippen LogP contribution < -0.4 is 4.74 Å². The minimum absolute atomic E-state index is 0.103. The van der Waals surface area contributed by atoms with Crippen LogP contribution in [-0.2, 0) is 13.0 Å². The molecule has 3 nitrogen and oxygen atoms in total. The number of carbonyl (C=O) groups is 1. The predicted molar refractivity (Wildman–Crippen MR) is 85.6 cm³/mol. The van der Waals surface area contributed by atoms with Gasteiger partial charge in [0.25, 0.3) is 5.91 Å². The Morgan fingerprint density at radius 3 is 2.86 bits per heavy atom. The molecule has 4 heteroatoms. The number of benzene rings is 2. The van der Waals surface area contributed by atoms with Crippen LogP contribution >= 0.6 is 15.9 Å². The van der Waals surface area contributed by atoms with Crippen LogP contribution in [0.3, 0.4) is 0 Å². The number of amides is 1. The van der Waals surface area contributed by atoms with E-state index in [1.54, 1.807) is 7.11 Å². The Bertz CT molecular complexity index is 684. The maximum Gasteiger partial charge on any atom is 0.254 e. The number of fused-ring (bicyclic) bond motifs is 1. The number of hydrogen-bond acceptors (Lipinski definition) is 2. The number of halogens is 1. The summed E-state index contributed by atoms with van der Waals surface area (Å²) in [6.45, 7) is 1.34. The molecule has 0 spiro atoms. The van der Waals surface area contributed by atoms with Crippen molar-refractivity contribution in [3.8, 4) is 5.75 Å². The Morgan fingerprint density at radius 2 is 2.05 bits per heavy atom. The number of methoxy groups -OCH3 is 1. The molecular weight excluding hydrogens is 330 g/mol. The molecule has 0 aliphatic carbocycles. The first-order valence-corrected chi connectivity index (χ1v) is 7.68. The largest absolute Gasteiger partial charge is 0.497 e. The van der Waals surface area contributed by atoms with Gasteiger partial charge in [-0.3, -0.25) is 4.79 Å². The lowest BCUT2D eigenvalue weighted by Gasteiger charge is -2.29. The smallest absolute Gasteiger partial charge is 0.254 e. The van der Waals surface area contributed by atoms with E-state index in [0.717, 1.165) is 39.9 Å². The van der Waals surface area contributed by atoms with Crippen LogP contribution in [0.2, 0.25) is 0 Å². The standard InChI is InChI=1S/C17H16BrNO2/c1-21-14-6-7-16(18)13(10-14)11-19-9-8-12-4-2-3-5-15(12)17(19)20/h2-7,10H,8-9,11H2,1H3. The van der Waals surface area contributed by atoms with E-state index in [4.69, 9.17) is 4.74 Å². The van der Waals surface area contributed by atoms with E-state index in [2.05, 4.69) is 15.9 Å². The van der Waals surface area contributed by atoms with Gasteiger partial charge in [-0.25, -0.2) is 0 Å². The van der Waals surface area contributed by atoms with Gasteiger partial charge in [-0.2, -0.15) is 0 Å². The second-order valence-electron chi connectivity index (χ2n) is 5.09. The minimum atomic E-state index is 0.103. The Balaban J connectivity index is 1.85. The topological polar surface area (TPSA) is 29.5 Å². The Morgan fingerprint density at radius 1 is 1.24 bits per heavy atom. The van der Waals surface area contributed by atoms with Gasteiger partial charge in [-0.05, 0) is 41.8 Å². The Labute approximate surface area is 132 Å². The van der Waals surface area contributed by atoms with Crippen LogP contribution in [0.15, 0.2) is 46.9 Å². The van der Waals surface area contributed by atoms with Gasteiger partial charge in [0.1, 0.15) is 5.75 Å². The summed E-state index contributed by atoms with van der Waals surface area (Å²) in [5.74, 6) is 0.907. The summed E-state index contributed by atoms with van der Waals surface area (Å²) in [5, 5.41) is 0. The van der Waals surface area contributed by atoms with Gasteiger partial charge in [0, 0.05) is 23.1 Å². The average molecular weight is 346 g/mol. The summed E-state index contributed by atoms with van der Waals surface area (Å²) in [6, 6.07) is 13.7. The number of rotatable bonds is 3. The fraction of sp³-hybridized carbons (Fsp3) is 0.235. The van der Waals surface area contributed by atoms with Crippen molar-refractivity contribution in [2.24, 2.45) is 0 Å². The third-order valence-corrected chi connectivity index (χ3v) is 4.57. The first kappa shape index (κ1) is 14.1. The average Bonchev–Trinajstić information content (AvgIpc) is 2.52. The molecule has 3 rings (SSSR count). The molecule has 0 saturated carbocycles. The fourth-order valence-electron chi connectivity index (χ4n) is 2.63. The van der Waals surface area contributed by atoms with Gasteiger partial charge in [0.2, 0.25) is 0 Å². The third-order valence-electron chi connectivity index (χ3n) is 3.80. The molecule has 0 radical (unpaired) electrons. The van der Waals surface area contributed by atoms with Crippen molar-refractivity contribution in [1.29, 1.82) is 0 Å². The molecule has 0 atom stereocenters. The van der Waals surface area contributed by atoms with Crippen LogP contribution in [0.4, 0.5) is 0 Å². The summed E-state index contributed by atoms with van der Waals surface area (Å²) in [7, 11) is 1.65. The Hall–Kier alpha value is -1.81. The van der Waals surface area contributed by atoms with Crippen molar-refractivity contribution < 1.29 is 9.53 Å². The zero-order valence-electron chi connectivity index (χ0n) is 11.8. The van der Waals surface area contributed by atoms with Crippen LogP contribution in [0.25, 0.3) is 0 Å². The van der Waals surface area contributed by atoms with Crippen molar-refractivity contribution in [3.63, 3.8) is 0 Å². The highest BCUT2D eigenvalue weighted by Gasteiger charge is 2.24. The molecule has 1 aliphatic rings. The summed E-state index contributed by atoms with van der Waals surface area (Å²) in [4.78, 5) is 14.5. The van der Waals surface area contributed by atoms with E-state index in [1.807, 2.05) is 47.4 Å². The lowest BCUT2D eigenvalue weighted by Crippen LogP contribution is -2.37. The molecule has 1 amide bonds. The highest BCUT2D eigenvalue weighted by Crippen LogP contribution is 2.26. The minimum Gasteiger partial charge on any atom is -0.497 e. The van der Waals surface area contributed by atoms with E-state index >= 15 is 0 Å². The van der Waals surface area contributed by atoms with E-state index in [9.17, 15) is 4.79 Å². The molecule has 0 aromatic heterocycles.